The Bertz CT molecular complexity index is 1440. The zero-order chi connectivity index (χ0) is 27.0. The molecule has 0 saturated carbocycles. The number of carbonyl (C=O) groups is 1. The summed E-state index contributed by atoms with van der Waals surface area (Å²) in [7, 11) is -2.00. The maximum Gasteiger partial charge on any atom is 0.410 e. The molecule has 39 heavy (non-hydrogen) atoms. The van der Waals surface area contributed by atoms with Gasteiger partial charge < -0.3 is 19.3 Å². The number of nitrogens with zero attached hydrogens (tertiary/aromatic N) is 3. The molecule has 6 rings (SSSR count). The SMILES string of the molecule is COc1ccc(S(=O)(=O)N2CCN(c3ccc4c(c3)C3C[C@H]4CCN3C(=O)OCc3ccccc3)CC2)cc1. The minimum Gasteiger partial charge on any atom is -0.497 e. The van der Waals surface area contributed by atoms with Crippen molar-refractivity contribution in [1.29, 1.82) is 0 Å². The fourth-order valence-corrected chi connectivity index (χ4v) is 7.49. The first-order chi connectivity index (χ1) is 18.9. The molecule has 8 nitrogen and oxygen atoms in total. The number of ether oxygens (including phenoxy) is 2. The van der Waals surface area contributed by atoms with Gasteiger partial charge in [0.15, 0.2) is 0 Å². The van der Waals surface area contributed by atoms with Crippen LogP contribution >= 0.6 is 0 Å². The average Bonchev–Trinajstić information content (AvgIpc) is 3.27. The first kappa shape index (κ1) is 25.7. The Hall–Kier alpha value is -3.56. The molecule has 2 atom stereocenters. The van der Waals surface area contributed by atoms with Crippen molar-refractivity contribution in [3.8, 4) is 5.75 Å². The highest BCUT2D eigenvalue weighted by Crippen LogP contribution is 2.50. The average molecular weight is 548 g/mol. The van der Waals surface area contributed by atoms with Crippen molar-refractivity contribution in [1.82, 2.24) is 9.21 Å². The first-order valence-electron chi connectivity index (χ1n) is 13.4. The van der Waals surface area contributed by atoms with E-state index in [1.807, 2.05) is 35.2 Å². The molecule has 204 valence electrons. The lowest BCUT2D eigenvalue weighted by Gasteiger charge is -2.36. The van der Waals surface area contributed by atoms with Crippen molar-refractivity contribution in [3.05, 3.63) is 89.5 Å². The van der Waals surface area contributed by atoms with Crippen LogP contribution in [0, 0.1) is 0 Å². The summed E-state index contributed by atoms with van der Waals surface area (Å²) in [4.78, 5) is 17.5. The van der Waals surface area contributed by atoms with Gasteiger partial charge in [0.2, 0.25) is 10.0 Å². The van der Waals surface area contributed by atoms with Gasteiger partial charge in [-0.2, -0.15) is 4.31 Å². The molecule has 3 aromatic rings. The molecular formula is C30H33N3O5S. The summed E-state index contributed by atoms with van der Waals surface area (Å²) in [6.07, 6.45) is 1.59. The second kappa shape index (κ2) is 10.5. The van der Waals surface area contributed by atoms with Crippen molar-refractivity contribution >= 4 is 21.8 Å². The molecule has 1 aliphatic carbocycles. The number of methoxy groups -OCH3 is 1. The van der Waals surface area contributed by atoms with Crippen molar-refractivity contribution < 1.29 is 22.7 Å². The number of carbonyl (C=O) groups excluding carboxylic acids is 1. The molecule has 0 N–H and O–H groups in total. The van der Waals surface area contributed by atoms with E-state index in [9.17, 15) is 13.2 Å². The predicted octanol–water partition coefficient (Wildman–Crippen LogP) is 4.78. The molecule has 3 aliphatic rings. The molecule has 0 aromatic heterocycles. The molecule has 2 heterocycles. The van der Waals surface area contributed by atoms with Gasteiger partial charge in [-0.25, -0.2) is 13.2 Å². The molecule has 2 saturated heterocycles. The van der Waals surface area contributed by atoms with Crippen LogP contribution < -0.4 is 9.64 Å². The summed E-state index contributed by atoms with van der Waals surface area (Å²) in [5.41, 5.74) is 4.56. The highest BCUT2D eigenvalue weighted by atomic mass is 32.2. The zero-order valence-corrected chi connectivity index (χ0v) is 22.8. The largest absolute Gasteiger partial charge is 0.497 e. The summed E-state index contributed by atoms with van der Waals surface area (Å²) in [6, 6.07) is 22.8. The van der Waals surface area contributed by atoms with Gasteiger partial charge in [-0.05, 0) is 71.8 Å². The number of fused-ring (bicyclic) bond motifs is 5. The summed E-state index contributed by atoms with van der Waals surface area (Å²) >= 11 is 0. The fraction of sp³-hybridized carbons (Fsp3) is 0.367. The van der Waals surface area contributed by atoms with Gasteiger partial charge in [0.25, 0.3) is 0 Å². The molecule has 9 heteroatoms. The number of piperazine rings is 1. The summed E-state index contributed by atoms with van der Waals surface area (Å²) in [5.74, 6) is 1.09. The lowest BCUT2D eigenvalue weighted by molar-refractivity contribution is 0.0694. The van der Waals surface area contributed by atoms with Gasteiger partial charge in [-0.15, -0.1) is 0 Å². The normalized spacial score (nSPS) is 20.9. The zero-order valence-electron chi connectivity index (χ0n) is 22.0. The molecule has 2 bridgehead atoms. The fourth-order valence-electron chi connectivity index (χ4n) is 6.07. The van der Waals surface area contributed by atoms with Crippen LogP contribution in [0.1, 0.15) is 41.5 Å². The van der Waals surface area contributed by atoms with Gasteiger partial charge in [0.05, 0.1) is 18.0 Å². The Morgan fingerprint density at radius 2 is 1.64 bits per heavy atom. The lowest BCUT2D eigenvalue weighted by atomic mass is 9.96. The molecule has 2 aliphatic heterocycles. The molecule has 2 fully saturated rings. The quantitative estimate of drug-likeness (QED) is 0.442. The van der Waals surface area contributed by atoms with Crippen LogP contribution in [0.15, 0.2) is 77.7 Å². The lowest BCUT2D eigenvalue weighted by Crippen LogP contribution is -2.48. The second-order valence-corrected chi connectivity index (χ2v) is 12.3. The van der Waals surface area contributed by atoms with Crippen LogP contribution in [0.4, 0.5) is 10.5 Å². The van der Waals surface area contributed by atoms with E-state index in [2.05, 4.69) is 23.1 Å². The number of benzene rings is 3. The summed E-state index contributed by atoms with van der Waals surface area (Å²) < 4.78 is 38.7. The minimum absolute atomic E-state index is 0.0127. The second-order valence-electron chi connectivity index (χ2n) is 10.4. The van der Waals surface area contributed by atoms with Crippen LogP contribution in [0.5, 0.6) is 5.75 Å². The smallest absolute Gasteiger partial charge is 0.410 e. The Balaban J connectivity index is 1.13. The third-order valence-corrected chi connectivity index (χ3v) is 10.1. The van der Waals surface area contributed by atoms with E-state index in [-0.39, 0.29) is 23.6 Å². The number of piperidine rings is 1. The number of amides is 1. The molecular weight excluding hydrogens is 514 g/mol. The van der Waals surface area contributed by atoms with Crippen LogP contribution in [0.25, 0.3) is 0 Å². The molecule has 1 unspecified atom stereocenters. The molecule has 0 spiro atoms. The van der Waals surface area contributed by atoms with Crippen molar-refractivity contribution in [3.63, 3.8) is 0 Å². The van der Waals surface area contributed by atoms with E-state index in [4.69, 9.17) is 9.47 Å². The maximum atomic E-state index is 13.2. The van der Waals surface area contributed by atoms with Gasteiger partial charge >= 0.3 is 6.09 Å². The van der Waals surface area contributed by atoms with Crippen molar-refractivity contribution in [2.75, 3.05) is 44.7 Å². The summed E-state index contributed by atoms with van der Waals surface area (Å²) in [6.45, 7) is 2.98. The minimum atomic E-state index is -3.56. The van der Waals surface area contributed by atoms with Gasteiger partial charge in [0, 0.05) is 38.4 Å². The Morgan fingerprint density at radius 1 is 0.897 bits per heavy atom. The van der Waals surface area contributed by atoms with Gasteiger partial charge in [0.1, 0.15) is 12.4 Å². The highest BCUT2D eigenvalue weighted by molar-refractivity contribution is 7.89. The van der Waals surface area contributed by atoms with Crippen LogP contribution in [0.2, 0.25) is 0 Å². The summed E-state index contributed by atoms with van der Waals surface area (Å²) in [5, 5.41) is 0. The molecule has 0 radical (unpaired) electrons. The third kappa shape index (κ3) is 4.96. The predicted molar refractivity (Wildman–Crippen MR) is 148 cm³/mol. The highest BCUT2D eigenvalue weighted by Gasteiger charge is 2.42. The van der Waals surface area contributed by atoms with Crippen molar-refractivity contribution in [2.24, 2.45) is 0 Å². The van der Waals surface area contributed by atoms with Crippen LogP contribution in [0.3, 0.4) is 0 Å². The van der Waals surface area contributed by atoms with E-state index in [1.165, 1.54) is 11.1 Å². The van der Waals surface area contributed by atoms with Crippen LogP contribution in [-0.4, -0.2) is 63.5 Å². The van der Waals surface area contributed by atoms with E-state index < -0.39 is 10.0 Å². The van der Waals surface area contributed by atoms with E-state index in [1.54, 1.807) is 35.7 Å². The first-order valence-corrected chi connectivity index (χ1v) is 14.9. The Morgan fingerprint density at radius 3 is 2.36 bits per heavy atom. The van der Waals surface area contributed by atoms with E-state index in [0.29, 0.717) is 44.4 Å². The van der Waals surface area contributed by atoms with E-state index >= 15 is 0 Å². The number of rotatable bonds is 6. The van der Waals surface area contributed by atoms with E-state index in [0.717, 1.165) is 24.1 Å². The number of sulfonamides is 1. The number of hydrogen-bond acceptors (Lipinski definition) is 6. The molecule has 1 amide bonds. The molecule has 3 aromatic carbocycles. The van der Waals surface area contributed by atoms with Gasteiger partial charge in [-0.1, -0.05) is 36.4 Å². The number of anilines is 1. The van der Waals surface area contributed by atoms with Crippen molar-refractivity contribution in [2.45, 2.75) is 36.3 Å². The monoisotopic (exact) mass is 547 g/mol. The maximum absolute atomic E-state index is 13.2. The topological polar surface area (TPSA) is 79.4 Å². The third-order valence-electron chi connectivity index (χ3n) is 8.21. The van der Waals surface area contributed by atoms with Crippen LogP contribution in [-0.2, 0) is 21.4 Å². The Kier molecular flexibility index (Phi) is 6.95. The number of hydrogen-bond donors (Lipinski definition) is 0. The number of likely N-dealkylation sites (tertiary alicyclic amines) is 1. The standard InChI is InChI=1S/C30H33N3O5S/c1-37-25-8-10-26(11-9-25)39(35,36)32-17-15-31(16-18-32)24-7-12-27-23-13-14-33(29(19-23)28(27)20-24)30(34)38-21-22-5-3-2-4-6-22/h2-12,20,23,29H,13-19,21H2,1H3/t23-,29?/m1/s1. The Labute approximate surface area is 229 Å². The van der Waals surface area contributed by atoms with Gasteiger partial charge in [-0.3, -0.25) is 0 Å².